The number of halogens is 1. The Morgan fingerprint density at radius 3 is 2.62 bits per heavy atom. The SMILES string of the molecule is CCn1c(C2CCCCC2)nc(-c2ccccc2Cl)c1N. The van der Waals surface area contributed by atoms with Crippen molar-refractivity contribution in [1.29, 1.82) is 0 Å². The van der Waals surface area contributed by atoms with Gasteiger partial charge >= 0.3 is 0 Å². The largest absolute Gasteiger partial charge is 0.383 e. The summed E-state index contributed by atoms with van der Waals surface area (Å²) in [6.07, 6.45) is 6.37. The van der Waals surface area contributed by atoms with Crippen LogP contribution in [-0.4, -0.2) is 9.55 Å². The summed E-state index contributed by atoms with van der Waals surface area (Å²) < 4.78 is 2.16. The normalized spacial score (nSPS) is 16.3. The van der Waals surface area contributed by atoms with Gasteiger partial charge in [0.25, 0.3) is 0 Å². The van der Waals surface area contributed by atoms with Gasteiger partial charge in [0.05, 0.1) is 5.02 Å². The summed E-state index contributed by atoms with van der Waals surface area (Å²) in [6, 6.07) is 7.79. The summed E-state index contributed by atoms with van der Waals surface area (Å²) in [5.41, 5.74) is 8.13. The van der Waals surface area contributed by atoms with Gasteiger partial charge in [-0.1, -0.05) is 49.1 Å². The molecule has 0 aliphatic heterocycles. The van der Waals surface area contributed by atoms with Gasteiger partial charge in [0.2, 0.25) is 0 Å². The minimum absolute atomic E-state index is 0.539. The average molecular weight is 304 g/mol. The quantitative estimate of drug-likeness (QED) is 0.880. The lowest BCUT2D eigenvalue weighted by Crippen LogP contribution is -2.12. The molecule has 0 spiro atoms. The van der Waals surface area contributed by atoms with E-state index in [1.165, 1.54) is 32.1 Å². The van der Waals surface area contributed by atoms with Crippen LogP contribution in [0.1, 0.15) is 50.8 Å². The van der Waals surface area contributed by atoms with E-state index in [-0.39, 0.29) is 0 Å². The molecule has 3 nitrogen and oxygen atoms in total. The first-order valence-electron chi connectivity index (χ1n) is 7.83. The summed E-state index contributed by atoms with van der Waals surface area (Å²) in [5, 5.41) is 0.708. The van der Waals surface area contributed by atoms with Crippen molar-refractivity contribution in [3.05, 3.63) is 35.1 Å². The van der Waals surface area contributed by atoms with Crippen molar-refractivity contribution in [2.45, 2.75) is 51.5 Å². The van der Waals surface area contributed by atoms with E-state index < -0.39 is 0 Å². The number of aromatic nitrogens is 2. The van der Waals surface area contributed by atoms with E-state index in [0.717, 1.165) is 29.4 Å². The first kappa shape index (κ1) is 14.5. The lowest BCUT2D eigenvalue weighted by Gasteiger charge is -2.21. The third-order valence-corrected chi connectivity index (χ3v) is 4.78. The third-order valence-electron chi connectivity index (χ3n) is 4.45. The number of imidazole rings is 1. The molecule has 1 fully saturated rings. The molecule has 1 saturated carbocycles. The number of rotatable bonds is 3. The highest BCUT2D eigenvalue weighted by molar-refractivity contribution is 6.33. The number of benzene rings is 1. The van der Waals surface area contributed by atoms with Crippen LogP contribution in [0.15, 0.2) is 24.3 Å². The lowest BCUT2D eigenvalue weighted by atomic mass is 9.88. The number of hydrogen-bond donors (Lipinski definition) is 1. The second-order valence-electron chi connectivity index (χ2n) is 5.76. The Hall–Kier alpha value is -1.48. The summed E-state index contributed by atoms with van der Waals surface area (Å²) >= 11 is 6.32. The van der Waals surface area contributed by atoms with E-state index in [1.54, 1.807) is 0 Å². The lowest BCUT2D eigenvalue weighted by molar-refractivity contribution is 0.418. The van der Waals surface area contributed by atoms with Gasteiger partial charge in [-0.05, 0) is 25.8 Å². The van der Waals surface area contributed by atoms with Crippen LogP contribution in [0.5, 0.6) is 0 Å². The highest BCUT2D eigenvalue weighted by Gasteiger charge is 2.24. The number of anilines is 1. The van der Waals surface area contributed by atoms with Crippen LogP contribution < -0.4 is 5.73 Å². The maximum atomic E-state index is 6.36. The van der Waals surface area contributed by atoms with Gasteiger partial charge in [0, 0.05) is 18.0 Å². The Balaban J connectivity index is 2.07. The Morgan fingerprint density at radius 2 is 1.95 bits per heavy atom. The Bertz CT molecular complexity index is 627. The van der Waals surface area contributed by atoms with Gasteiger partial charge in [0.1, 0.15) is 17.3 Å². The van der Waals surface area contributed by atoms with Crippen LogP contribution >= 0.6 is 11.6 Å². The number of hydrogen-bond acceptors (Lipinski definition) is 2. The van der Waals surface area contributed by atoms with E-state index in [0.29, 0.717) is 10.9 Å². The molecular weight excluding hydrogens is 282 g/mol. The van der Waals surface area contributed by atoms with Crippen LogP contribution in [0.4, 0.5) is 5.82 Å². The van der Waals surface area contributed by atoms with Crippen molar-refractivity contribution in [3.8, 4) is 11.3 Å². The van der Waals surface area contributed by atoms with E-state index in [9.17, 15) is 0 Å². The molecule has 0 atom stereocenters. The molecule has 1 aromatic carbocycles. The smallest absolute Gasteiger partial charge is 0.131 e. The number of nitrogens with zero attached hydrogens (tertiary/aromatic N) is 2. The number of nitrogens with two attached hydrogens (primary N) is 1. The summed E-state index contributed by atoms with van der Waals surface area (Å²) in [6.45, 7) is 2.98. The molecule has 3 rings (SSSR count). The van der Waals surface area contributed by atoms with E-state index in [1.807, 2.05) is 24.3 Å². The molecule has 2 N–H and O–H groups in total. The van der Waals surface area contributed by atoms with Crippen LogP contribution in [0, 0.1) is 0 Å². The van der Waals surface area contributed by atoms with Crippen LogP contribution in [0.2, 0.25) is 5.02 Å². The number of nitrogen functional groups attached to an aromatic ring is 1. The van der Waals surface area contributed by atoms with Crippen LogP contribution in [-0.2, 0) is 6.54 Å². The summed E-state index contributed by atoms with van der Waals surface area (Å²) in [4.78, 5) is 4.89. The Kier molecular flexibility index (Phi) is 4.20. The molecule has 0 bridgehead atoms. The van der Waals surface area contributed by atoms with Gasteiger partial charge < -0.3 is 10.3 Å². The molecule has 1 aliphatic carbocycles. The fourth-order valence-corrected chi connectivity index (χ4v) is 3.56. The zero-order valence-electron chi connectivity index (χ0n) is 12.5. The molecule has 0 radical (unpaired) electrons. The van der Waals surface area contributed by atoms with Gasteiger partial charge in [-0.25, -0.2) is 4.98 Å². The molecule has 1 aliphatic rings. The topological polar surface area (TPSA) is 43.8 Å². The van der Waals surface area contributed by atoms with Crippen molar-refractivity contribution in [3.63, 3.8) is 0 Å². The highest BCUT2D eigenvalue weighted by Crippen LogP contribution is 2.38. The summed E-state index contributed by atoms with van der Waals surface area (Å²) in [5.74, 6) is 2.42. The molecule has 0 amide bonds. The highest BCUT2D eigenvalue weighted by atomic mass is 35.5. The molecule has 2 aromatic rings. The first-order chi connectivity index (χ1) is 10.2. The molecule has 0 unspecified atom stereocenters. The fraction of sp³-hybridized carbons (Fsp3) is 0.471. The van der Waals surface area contributed by atoms with Crippen LogP contribution in [0.25, 0.3) is 11.3 Å². The first-order valence-corrected chi connectivity index (χ1v) is 8.21. The monoisotopic (exact) mass is 303 g/mol. The van der Waals surface area contributed by atoms with E-state index in [2.05, 4.69) is 11.5 Å². The predicted octanol–water partition coefficient (Wildman–Crippen LogP) is 4.85. The van der Waals surface area contributed by atoms with Gasteiger partial charge in [0.15, 0.2) is 0 Å². The minimum Gasteiger partial charge on any atom is -0.383 e. The standard InChI is InChI=1S/C17H22ClN3/c1-2-21-16(19)15(13-10-6-7-11-14(13)18)20-17(21)12-8-4-3-5-9-12/h6-7,10-12H,2-5,8-9,19H2,1H3. The fourth-order valence-electron chi connectivity index (χ4n) is 3.34. The van der Waals surface area contributed by atoms with Gasteiger partial charge in [-0.2, -0.15) is 0 Å². The molecular formula is C17H22ClN3. The van der Waals surface area contributed by atoms with Crippen molar-refractivity contribution in [1.82, 2.24) is 9.55 Å². The molecule has 112 valence electrons. The van der Waals surface area contributed by atoms with Crippen molar-refractivity contribution in [2.75, 3.05) is 5.73 Å². The average Bonchev–Trinajstić information content (AvgIpc) is 2.85. The third kappa shape index (κ3) is 2.67. The Labute approximate surface area is 131 Å². The van der Waals surface area contributed by atoms with Crippen molar-refractivity contribution >= 4 is 17.4 Å². The van der Waals surface area contributed by atoms with Gasteiger partial charge in [-0.3, -0.25) is 0 Å². The van der Waals surface area contributed by atoms with E-state index >= 15 is 0 Å². The minimum atomic E-state index is 0.539. The maximum absolute atomic E-state index is 6.36. The zero-order valence-corrected chi connectivity index (χ0v) is 13.2. The zero-order chi connectivity index (χ0) is 14.8. The molecule has 0 saturated heterocycles. The van der Waals surface area contributed by atoms with Crippen molar-refractivity contribution in [2.24, 2.45) is 0 Å². The Morgan fingerprint density at radius 1 is 1.24 bits per heavy atom. The predicted molar refractivity (Wildman–Crippen MR) is 88.6 cm³/mol. The van der Waals surface area contributed by atoms with E-state index in [4.69, 9.17) is 22.3 Å². The molecule has 1 heterocycles. The second kappa shape index (κ2) is 6.10. The molecule has 4 heteroatoms. The van der Waals surface area contributed by atoms with Crippen LogP contribution in [0.3, 0.4) is 0 Å². The second-order valence-corrected chi connectivity index (χ2v) is 6.17. The maximum Gasteiger partial charge on any atom is 0.131 e. The van der Waals surface area contributed by atoms with Gasteiger partial charge in [-0.15, -0.1) is 0 Å². The molecule has 21 heavy (non-hydrogen) atoms. The molecule has 1 aromatic heterocycles. The summed E-state index contributed by atoms with van der Waals surface area (Å²) in [7, 11) is 0. The van der Waals surface area contributed by atoms with Crippen molar-refractivity contribution < 1.29 is 0 Å².